The van der Waals surface area contributed by atoms with Crippen LogP contribution < -0.4 is 0 Å². The molecule has 0 aromatic rings. The van der Waals surface area contributed by atoms with Gasteiger partial charge >= 0.3 is 0 Å². The van der Waals surface area contributed by atoms with E-state index in [4.69, 9.17) is 23.7 Å². The molecule has 5 fully saturated rings. The van der Waals surface area contributed by atoms with Gasteiger partial charge in [0.1, 0.15) is 48.8 Å². The number of aliphatic hydroxyl groups excluding tert-OH is 8. The molecule has 2 aliphatic heterocycles. The number of allylic oxidation sites excluding steroid dienone is 1. The van der Waals surface area contributed by atoms with E-state index in [-0.39, 0.29) is 34.7 Å². The lowest BCUT2D eigenvalue weighted by Crippen LogP contribution is -2.65. The zero-order chi connectivity index (χ0) is 42.2. The molecule has 0 amide bonds. The molecule has 2 heterocycles. The molecule has 14 nitrogen and oxygen atoms in total. The molecule has 0 aromatic heterocycles. The normalized spacial score (nSPS) is 49.6. The fourth-order valence-corrected chi connectivity index (χ4v) is 12.8. The summed E-state index contributed by atoms with van der Waals surface area (Å²) in [6.07, 6.45) is -6.54. The molecule has 57 heavy (non-hydrogen) atoms. The Kier molecular flexibility index (Phi) is 13.2. The maximum Gasteiger partial charge on any atom is 0.187 e. The summed E-state index contributed by atoms with van der Waals surface area (Å²) in [4.78, 5) is 0. The van der Waals surface area contributed by atoms with Crippen molar-refractivity contribution in [2.24, 2.45) is 45.3 Å². The summed E-state index contributed by atoms with van der Waals surface area (Å²) in [5.41, 5.74) is -0.935. The van der Waals surface area contributed by atoms with Crippen LogP contribution >= 0.6 is 0 Å². The lowest BCUT2D eigenvalue weighted by molar-refractivity contribution is -0.341. The Hall–Kier alpha value is -0.820. The Labute approximate surface area is 338 Å². The average molecular weight is 815 g/mol. The number of ether oxygens (including phenoxy) is 5. The molecule has 9 N–H and O–H groups in total. The topological polar surface area (TPSA) is 228 Å². The first kappa shape index (κ1) is 45.7. The smallest absolute Gasteiger partial charge is 0.187 e. The van der Waals surface area contributed by atoms with Crippen LogP contribution in [0.2, 0.25) is 0 Å². The van der Waals surface area contributed by atoms with E-state index in [1.54, 1.807) is 13.8 Å². The van der Waals surface area contributed by atoms with Gasteiger partial charge in [0, 0.05) is 17.9 Å². The standard InChI is InChI=1S/C43H74O14/c1-21(10-14-28(45)40(4,5)52)22-16-17-41(6)27-13-11-23-24(43(27,8)29(46)18-42(22,41)7)12-15-30(39(23,2)3)57-38-34(50)33(49)31(47)26(56-38)20-54-37-35(51)36(53-9)32(48)25(19-44)55-37/h11,21-22,24-38,44-52H,10,12-20H2,1-9H3/t21-,22?,24?,25-,26-,27?,28-,29-,30+,31-,32-,33+,34-,35-,36?,37-,38+,41+,42-,43+/m1/s1. The fraction of sp³-hybridized carbons (Fsp3) is 0.953. The second kappa shape index (κ2) is 16.5. The number of hydrogen-bond acceptors (Lipinski definition) is 14. The molecule has 20 atom stereocenters. The van der Waals surface area contributed by atoms with E-state index in [0.717, 1.165) is 32.1 Å². The summed E-state index contributed by atoms with van der Waals surface area (Å²) in [5.74, 6) is 1.07. The van der Waals surface area contributed by atoms with E-state index in [9.17, 15) is 46.0 Å². The molecular formula is C43H74O14. The van der Waals surface area contributed by atoms with Gasteiger partial charge in [0.15, 0.2) is 12.6 Å². The second-order valence-corrected chi connectivity index (χ2v) is 20.5. The summed E-state index contributed by atoms with van der Waals surface area (Å²) in [6.45, 7) is 16.0. The van der Waals surface area contributed by atoms with Crippen LogP contribution in [0.3, 0.4) is 0 Å². The molecule has 6 aliphatic rings. The van der Waals surface area contributed by atoms with Crippen molar-refractivity contribution in [1.29, 1.82) is 0 Å². The summed E-state index contributed by atoms with van der Waals surface area (Å²) in [6, 6.07) is 0. The maximum absolute atomic E-state index is 12.4. The number of aliphatic hydroxyl groups is 9. The van der Waals surface area contributed by atoms with E-state index in [0.29, 0.717) is 31.1 Å². The van der Waals surface area contributed by atoms with E-state index < -0.39 is 97.3 Å². The van der Waals surface area contributed by atoms with Gasteiger partial charge in [0.25, 0.3) is 0 Å². The first-order chi connectivity index (χ1) is 26.5. The minimum Gasteiger partial charge on any atom is -0.394 e. The highest BCUT2D eigenvalue weighted by atomic mass is 16.7. The van der Waals surface area contributed by atoms with Crippen LogP contribution in [-0.4, -0.2) is 152 Å². The third kappa shape index (κ3) is 7.61. The van der Waals surface area contributed by atoms with E-state index >= 15 is 0 Å². The van der Waals surface area contributed by atoms with Crippen molar-refractivity contribution in [3.05, 3.63) is 11.6 Å². The van der Waals surface area contributed by atoms with Crippen LogP contribution in [0.15, 0.2) is 11.6 Å². The van der Waals surface area contributed by atoms with E-state index in [1.807, 2.05) is 0 Å². The maximum atomic E-state index is 12.4. The van der Waals surface area contributed by atoms with E-state index in [1.165, 1.54) is 12.7 Å². The predicted octanol–water partition coefficient (Wildman–Crippen LogP) is 1.77. The Morgan fingerprint density at radius 1 is 0.842 bits per heavy atom. The van der Waals surface area contributed by atoms with Crippen molar-refractivity contribution in [1.82, 2.24) is 0 Å². The molecule has 0 spiro atoms. The first-order valence-corrected chi connectivity index (χ1v) is 21.4. The van der Waals surface area contributed by atoms with Crippen molar-refractivity contribution < 1.29 is 69.6 Å². The van der Waals surface area contributed by atoms with Crippen LogP contribution in [0.1, 0.15) is 107 Å². The van der Waals surface area contributed by atoms with Crippen LogP contribution in [0, 0.1) is 45.3 Å². The van der Waals surface area contributed by atoms with Gasteiger partial charge in [-0.25, -0.2) is 0 Å². The van der Waals surface area contributed by atoms with Crippen LogP contribution in [-0.2, 0) is 23.7 Å². The van der Waals surface area contributed by atoms with Crippen molar-refractivity contribution >= 4 is 0 Å². The Morgan fingerprint density at radius 2 is 1.51 bits per heavy atom. The fourth-order valence-electron chi connectivity index (χ4n) is 12.8. The molecule has 14 heteroatoms. The molecule has 330 valence electrons. The number of fused-ring (bicyclic) bond motifs is 5. The third-order valence-electron chi connectivity index (χ3n) is 16.8. The highest BCUT2D eigenvalue weighted by molar-refractivity contribution is 5.32. The van der Waals surface area contributed by atoms with Gasteiger partial charge in [-0.1, -0.05) is 53.2 Å². The van der Waals surface area contributed by atoms with Crippen LogP contribution in [0.5, 0.6) is 0 Å². The Balaban J connectivity index is 1.16. The van der Waals surface area contributed by atoms with Crippen molar-refractivity contribution in [3.63, 3.8) is 0 Å². The largest absolute Gasteiger partial charge is 0.394 e. The summed E-state index contributed by atoms with van der Waals surface area (Å²) in [5, 5.41) is 97.0. The first-order valence-electron chi connectivity index (χ1n) is 21.4. The van der Waals surface area contributed by atoms with Gasteiger partial charge in [0.2, 0.25) is 0 Å². The molecule has 0 aromatic carbocycles. The molecule has 4 aliphatic carbocycles. The SMILES string of the molecule is COC1[C@@H](O)[C@H](OC[C@H]2O[C@@H](O[C@H]3CCC4C(=CCC5[C@@]4(C)[C@H](O)C[C@]4(C)C([C@H](C)CC[C@@H](O)C(C)(C)O)CC[C@@]54C)C3(C)C)[C@H](O)[C@@H](O)[C@@H]2O)O[C@H](CO)[C@H]1O. The van der Waals surface area contributed by atoms with Crippen LogP contribution in [0.25, 0.3) is 0 Å². The number of rotatable bonds is 12. The third-order valence-corrected chi connectivity index (χ3v) is 16.8. The molecule has 0 bridgehead atoms. The zero-order valence-electron chi connectivity index (χ0n) is 35.5. The van der Waals surface area contributed by atoms with Crippen LogP contribution in [0.4, 0.5) is 0 Å². The van der Waals surface area contributed by atoms with Crippen molar-refractivity contribution in [2.75, 3.05) is 20.3 Å². The monoisotopic (exact) mass is 815 g/mol. The molecular weight excluding hydrogens is 740 g/mol. The number of hydrogen-bond donors (Lipinski definition) is 9. The molecule has 6 rings (SSSR count). The summed E-state index contributed by atoms with van der Waals surface area (Å²) in [7, 11) is 1.30. The quantitative estimate of drug-likeness (QED) is 0.128. The van der Waals surface area contributed by atoms with Crippen molar-refractivity contribution in [2.45, 2.75) is 192 Å². The molecule has 4 unspecified atom stereocenters. The second-order valence-electron chi connectivity index (χ2n) is 20.5. The minimum absolute atomic E-state index is 0.00953. The van der Waals surface area contributed by atoms with Gasteiger partial charge in [-0.3, -0.25) is 0 Å². The highest BCUT2D eigenvalue weighted by Gasteiger charge is 2.70. The minimum atomic E-state index is -1.63. The Bertz CT molecular complexity index is 1420. The lowest BCUT2D eigenvalue weighted by atomic mass is 9.38. The molecule has 2 saturated heterocycles. The summed E-state index contributed by atoms with van der Waals surface area (Å²) >= 11 is 0. The average Bonchev–Trinajstić information content (AvgIpc) is 3.41. The van der Waals surface area contributed by atoms with E-state index in [2.05, 4.69) is 47.6 Å². The van der Waals surface area contributed by atoms with Gasteiger partial charge < -0.3 is 69.6 Å². The highest BCUT2D eigenvalue weighted by Crippen LogP contribution is 2.75. The van der Waals surface area contributed by atoms with Gasteiger partial charge in [-0.15, -0.1) is 0 Å². The summed E-state index contributed by atoms with van der Waals surface area (Å²) < 4.78 is 29.2. The molecule has 3 saturated carbocycles. The van der Waals surface area contributed by atoms with Crippen molar-refractivity contribution in [3.8, 4) is 0 Å². The van der Waals surface area contributed by atoms with Gasteiger partial charge in [0.05, 0.1) is 37.1 Å². The lowest BCUT2D eigenvalue weighted by Gasteiger charge is -2.67. The Morgan fingerprint density at radius 3 is 2.14 bits per heavy atom. The van der Waals surface area contributed by atoms with Gasteiger partial charge in [-0.2, -0.15) is 0 Å². The van der Waals surface area contributed by atoms with Gasteiger partial charge in [-0.05, 0) is 99.7 Å². The zero-order valence-corrected chi connectivity index (χ0v) is 35.5. The number of methoxy groups -OCH3 is 1. The predicted molar refractivity (Wildman–Crippen MR) is 207 cm³/mol. The molecule has 0 radical (unpaired) electrons.